The number of hydrogen-bond donors (Lipinski definition) is 2. The van der Waals surface area contributed by atoms with Crippen LogP contribution in [0.2, 0.25) is 5.02 Å². The van der Waals surface area contributed by atoms with E-state index in [0.29, 0.717) is 30.8 Å². The number of halogens is 3. The molecule has 2 aromatic carbocycles. The van der Waals surface area contributed by atoms with E-state index in [4.69, 9.17) is 16.0 Å². The first-order valence-electron chi connectivity index (χ1n) is 11.8. The Balaban J connectivity index is 1.31. The van der Waals surface area contributed by atoms with Crippen molar-refractivity contribution in [1.29, 1.82) is 0 Å². The molecule has 3 aromatic rings. The smallest absolute Gasteiger partial charge is 0.293 e. The lowest BCUT2D eigenvalue weighted by molar-refractivity contribution is 0.0916. The number of alkyl halides is 1. The molecule has 1 unspecified atom stereocenters. The minimum absolute atomic E-state index is 0.0371. The van der Waals surface area contributed by atoms with E-state index >= 15 is 0 Å². The zero-order valence-corrected chi connectivity index (χ0v) is 20.6. The van der Waals surface area contributed by atoms with Gasteiger partial charge in [-0.3, -0.25) is 19.3 Å². The van der Waals surface area contributed by atoms with Crippen molar-refractivity contribution in [1.82, 2.24) is 15.2 Å². The average Bonchev–Trinajstić information content (AvgIpc) is 3.36. The second-order valence-electron chi connectivity index (χ2n) is 8.70. The fourth-order valence-corrected chi connectivity index (χ4v) is 4.35. The van der Waals surface area contributed by atoms with Gasteiger partial charge in [-0.2, -0.15) is 0 Å². The van der Waals surface area contributed by atoms with E-state index in [-0.39, 0.29) is 40.8 Å². The Morgan fingerprint density at radius 3 is 2.65 bits per heavy atom. The number of ketones is 1. The Morgan fingerprint density at radius 1 is 1.14 bits per heavy atom. The van der Waals surface area contributed by atoms with Crippen LogP contribution in [-0.2, 0) is 6.42 Å². The van der Waals surface area contributed by atoms with Crippen LogP contribution in [0.5, 0.6) is 0 Å². The van der Waals surface area contributed by atoms with Gasteiger partial charge in [0.25, 0.3) is 11.8 Å². The van der Waals surface area contributed by atoms with Gasteiger partial charge in [-0.25, -0.2) is 13.8 Å². The molecule has 1 saturated heterocycles. The molecule has 4 rings (SSSR count). The molecule has 0 saturated carbocycles. The summed E-state index contributed by atoms with van der Waals surface area (Å²) in [5.41, 5.74) is 1.14. The van der Waals surface area contributed by atoms with Crippen molar-refractivity contribution >= 4 is 34.9 Å². The van der Waals surface area contributed by atoms with Gasteiger partial charge in [0.2, 0.25) is 5.76 Å². The molecular weight excluding hydrogens is 506 g/mol. The van der Waals surface area contributed by atoms with Crippen LogP contribution >= 0.6 is 11.6 Å². The van der Waals surface area contributed by atoms with Crippen LogP contribution in [0, 0.1) is 5.82 Å². The fraction of sp³-hybridized carbons (Fsp3) is 0.308. The molecule has 2 N–H and O–H groups in total. The monoisotopic (exact) mass is 530 g/mol. The summed E-state index contributed by atoms with van der Waals surface area (Å²) in [5.74, 6) is -2.28. The van der Waals surface area contributed by atoms with Crippen molar-refractivity contribution in [2.75, 3.05) is 31.5 Å². The second-order valence-corrected chi connectivity index (χ2v) is 9.11. The quantitative estimate of drug-likeness (QED) is 0.400. The number of Topliss-reactive ketones (excluding diaryl/α,β-unsaturated/α-hetero) is 1. The Kier molecular flexibility index (Phi) is 8.62. The summed E-state index contributed by atoms with van der Waals surface area (Å²) in [6, 6.07) is 10.1. The summed E-state index contributed by atoms with van der Waals surface area (Å²) in [6.07, 6.45) is 1.54. The SMILES string of the molecule is O=C(Cc1ccc(NC(=O)c2ocnc2C(=O)NCCN2CCCC(F)C2)cc1)c1ccc(F)cc1Cl. The molecule has 8 nitrogen and oxygen atoms in total. The van der Waals surface area contributed by atoms with E-state index in [0.717, 1.165) is 25.4 Å². The summed E-state index contributed by atoms with van der Waals surface area (Å²) in [6.45, 7) is 1.90. The number of aromatic nitrogens is 1. The van der Waals surface area contributed by atoms with Gasteiger partial charge < -0.3 is 15.1 Å². The van der Waals surface area contributed by atoms with Crippen molar-refractivity contribution < 1.29 is 27.6 Å². The van der Waals surface area contributed by atoms with Crippen LogP contribution in [0.15, 0.2) is 53.3 Å². The normalized spacial score (nSPS) is 15.8. The van der Waals surface area contributed by atoms with E-state index < -0.39 is 23.8 Å². The number of piperidine rings is 1. The number of carbonyl (C=O) groups excluding carboxylic acids is 3. The van der Waals surface area contributed by atoms with Crippen molar-refractivity contribution in [3.8, 4) is 0 Å². The summed E-state index contributed by atoms with van der Waals surface area (Å²) < 4.78 is 31.9. The number of carbonyl (C=O) groups is 3. The third-order valence-electron chi connectivity index (χ3n) is 5.96. The van der Waals surface area contributed by atoms with Gasteiger partial charge in [0.1, 0.15) is 12.0 Å². The molecule has 1 aromatic heterocycles. The average molecular weight is 531 g/mol. The van der Waals surface area contributed by atoms with Crippen molar-refractivity contribution in [3.05, 3.63) is 82.3 Å². The third-order valence-corrected chi connectivity index (χ3v) is 6.27. The van der Waals surface area contributed by atoms with E-state index in [1.54, 1.807) is 24.3 Å². The predicted molar refractivity (Wildman–Crippen MR) is 133 cm³/mol. The topological polar surface area (TPSA) is 105 Å². The zero-order valence-electron chi connectivity index (χ0n) is 19.8. The van der Waals surface area contributed by atoms with Crippen LogP contribution < -0.4 is 10.6 Å². The number of rotatable bonds is 9. The highest BCUT2D eigenvalue weighted by molar-refractivity contribution is 6.34. The minimum atomic E-state index is -0.849. The summed E-state index contributed by atoms with van der Waals surface area (Å²) in [7, 11) is 0. The highest BCUT2D eigenvalue weighted by atomic mass is 35.5. The van der Waals surface area contributed by atoms with Crippen molar-refractivity contribution in [2.45, 2.75) is 25.4 Å². The summed E-state index contributed by atoms with van der Waals surface area (Å²) >= 11 is 5.96. The van der Waals surface area contributed by atoms with Gasteiger partial charge in [-0.15, -0.1) is 0 Å². The predicted octanol–water partition coefficient (Wildman–Crippen LogP) is 4.31. The van der Waals surface area contributed by atoms with Crippen LogP contribution in [0.1, 0.15) is 49.8 Å². The van der Waals surface area contributed by atoms with E-state index in [1.165, 1.54) is 12.1 Å². The van der Waals surface area contributed by atoms with E-state index in [1.807, 2.05) is 4.90 Å². The molecule has 2 amide bonds. The molecule has 0 spiro atoms. The van der Waals surface area contributed by atoms with E-state index in [2.05, 4.69) is 15.6 Å². The van der Waals surface area contributed by atoms with Crippen molar-refractivity contribution in [2.24, 2.45) is 0 Å². The summed E-state index contributed by atoms with van der Waals surface area (Å²) in [4.78, 5) is 43.5. The number of hydrogen-bond acceptors (Lipinski definition) is 6. The van der Waals surface area contributed by atoms with Gasteiger partial charge in [0.05, 0.1) is 5.02 Å². The first-order chi connectivity index (χ1) is 17.8. The maximum Gasteiger partial charge on any atom is 0.293 e. The number of nitrogens with zero attached hydrogens (tertiary/aromatic N) is 2. The molecular formula is C26H25ClF2N4O4. The van der Waals surface area contributed by atoms with Gasteiger partial charge in [0.15, 0.2) is 17.9 Å². The number of nitrogens with one attached hydrogen (secondary N) is 2. The number of benzene rings is 2. The molecule has 0 bridgehead atoms. The maximum absolute atomic E-state index is 13.5. The number of amides is 2. The van der Waals surface area contributed by atoms with Gasteiger partial charge >= 0.3 is 0 Å². The highest BCUT2D eigenvalue weighted by Gasteiger charge is 2.24. The van der Waals surface area contributed by atoms with Crippen LogP contribution in [0.4, 0.5) is 14.5 Å². The minimum Gasteiger partial charge on any atom is -0.437 e. The third kappa shape index (κ3) is 6.99. The number of anilines is 1. The molecule has 37 heavy (non-hydrogen) atoms. The second kappa shape index (κ2) is 12.1. The van der Waals surface area contributed by atoms with Gasteiger partial charge in [-0.05, 0) is 55.3 Å². The maximum atomic E-state index is 13.5. The lowest BCUT2D eigenvalue weighted by atomic mass is 10.0. The summed E-state index contributed by atoms with van der Waals surface area (Å²) in [5, 5.41) is 5.36. The Bertz CT molecular complexity index is 1280. The first kappa shape index (κ1) is 26.4. The van der Waals surface area contributed by atoms with Crippen LogP contribution in [0.3, 0.4) is 0 Å². The zero-order chi connectivity index (χ0) is 26.4. The molecule has 1 atom stereocenters. The molecule has 0 radical (unpaired) electrons. The van der Waals surface area contributed by atoms with Crippen molar-refractivity contribution in [3.63, 3.8) is 0 Å². The molecule has 1 fully saturated rings. The standard InChI is InChI=1S/C26H25ClF2N4O4/c27-21-13-17(28)5-8-20(21)22(34)12-16-3-6-19(7-4-16)32-26(36)24-23(31-15-37-24)25(35)30-9-11-33-10-1-2-18(29)14-33/h3-8,13,15,18H,1-2,9-12,14H2,(H,30,35)(H,32,36). The van der Waals surface area contributed by atoms with E-state index in [9.17, 15) is 23.2 Å². The molecule has 194 valence electrons. The first-order valence-corrected chi connectivity index (χ1v) is 12.1. The lowest BCUT2D eigenvalue weighted by Gasteiger charge is -2.28. The molecule has 11 heteroatoms. The largest absolute Gasteiger partial charge is 0.437 e. The Morgan fingerprint density at radius 2 is 1.92 bits per heavy atom. The van der Waals surface area contributed by atoms with Gasteiger partial charge in [0, 0.05) is 37.3 Å². The molecule has 0 aliphatic carbocycles. The Labute approximate surface area is 217 Å². The number of oxazole rings is 1. The lowest BCUT2D eigenvalue weighted by Crippen LogP contribution is -2.41. The van der Waals surface area contributed by atoms with Crippen LogP contribution in [-0.4, -0.2) is 59.8 Å². The molecule has 2 heterocycles. The van der Waals surface area contributed by atoms with Gasteiger partial charge in [-0.1, -0.05) is 23.7 Å². The fourth-order valence-electron chi connectivity index (χ4n) is 4.07. The molecule has 1 aliphatic heterocycles. The molecule has 1 aliphatic rings. The number of likely N-dealkylation sites (tertiary alicyclic amines) is 1. The Hall–Kier alpha value is -3.63. The highest BCUT2D eigenvalue weighted by Crippen LogP contribution is 2.20. The van der Waals surface area contributed by atoms with Crippen LogP contribution in [0.25, 0.3) is 0 Å².